The number of nitro benzene ring substituents is 1. The lowest BCUT2D eigenvalue weighted by Crippen LogP contribution is -2.20. The molecule has 8 heteroatoms. The Bertz CT molecular complexity index is 661. The van der Waals surface area contributed by atoms with Crippen LogP contribution in [0, 0.1) is 24.0 Å². The van der Waals surface area contributed by atoms with E-state index >= 15 is 0 Å². The Kier molecular flexibility index (Phi) is 4.17. The summed E-state index contributed by atoms with van der Waals surface area (Å²) in [6.45, 7) is 3.31. The van der Waals surface area contributed by atoms with Gasteiger partial charge >= 0.3 is 0 Å². The van der Waals surface area contributed by atoms with Crippen molar-refractivity contribution in [3.05, 3.63) is 45.8 Å². The fraction of sp³-hybridized carbons (Fsp3) is 0.231. The van der Waals surface area contributed by atoms with Gasteiger partial charge in [0.1, 0.15) is 5.75 Å². The predicted molar refractivity (Wildman–Crippen MR) is 75.3 cm³/mol. The molecule has 2 rings (SSSR count). The fourth-order valence-electron chi connectivity index (χ4n) is 1.75. The average molecular weight is 290 g/mol. The van der Waals surface area contributed by atoms with E-state index in [1.165, 1.54) is 18.2 Å². The Labute approximate surface area is 120 Å². The van der Waals surface area contributed by atoms with E-state index in [4.69, 9.17) is 4.74 Å². The first-order chi connectivity index (χ1) is 9.97. The Balaban J connectivity index is 1.95. The maximum atomic E-state index is 11.8. The van der Waals surface area contributed by atoms with Crippen LogP contribution in [-0.4, -0.2) is 27.6 Å². The molecule has 0 unspecified atom stereocenters. The number of non-ortho nitro benzene ring substituents is 1. The second kappa shape index (κ2) is 6.04. The van der Waals surface area contributed by atoms with Crippen molar-refractivity contribution < 1.29 is 14.5 Å². The Morgan fingerprint density at radius 3 is 2.86 bits per heavy atom. The molecule has 1 aromatic heterocycles. The van der Waals surface area contributed by atoms with Crippen LogP contribution in [0.5, 0.6) is 5.75 Å². The van der Waals surface area contributed by atoms with Crippen LogP contribution in [-0.2, 0) is 4.79 Å². The molecule has 0 bridgehead atoms. The molecule has 0 saturated heterocycles. The molecule has 1 heterocycles. The van der Waals surface area contributed by atoms with Gasteiger partial charge in [-0.05, 0) is 19.9 Å². The van der Waals surface area contributed by atoms with Gasteiger partial charge in [0.25, 0.3) is 11.6 Å². The molecule has 0 aliphatic rings. The number of hydrogen-bond acceptors (Lipinski definition) is 5. The highest BCUT2D eigenvalue weighted by Crippen LogP contribution is 2.19. The number of benzene rings is 1. The summed E-state index contributed by atoms with van der Waals surface area (Å²) in [4.78, 5) is 21.9. The number of nitrogens with zero attached hydrogens (tertiary/aromatic N) is 2. The summed E-state index contributed by atoms with van der Waals surface area (Å²) in [7, 11) is 0. The summed E-state index contributed by atoms with van der Waals surface area (Å²) in [6, 6.07) is 5.66. The van der Waals surface area contributed by atoms with Crippen LogP contribution in [0.15, 0.2) is 24.3 Å². The van der Waals surface area contributed by atoms with E-state index in [0.29, 0.717) is 11.4 Å². The number of hydrogen-bond donors (Lipinski definition) is 2. The lowest BCUT2D eigenvalue weighted by atomic mass is 10.3. The minimum Gasteiger partial charge on any atom is -0.484 e. The molecule has 110 valence electrons. The lowest BCUT2D eigenvalue weighted by Gasteiger charge is -2.07. The van der Waals surface area contributed by atoms with E-state index in [0.717, 1.165) is 5.69 Å². The summed E-state index contributed by atoms with van der Waals surface area (Å²) < 4.78 is 5.24. The number of ether oxygens (including phenoxy) is 1. The van der Waals surface area contributed by atoms with Crippen LogP contribution in [0.2, 0.25) is 0 Å². The highest BCUT2D eigenvalue weighted by atomic mass is 16.6. The maximum absolute atomic E-state index is 11.8. The van der Waals surface area contributed by atoms with Gasteiger partial charge in [-0.3, -0.25) is 20.0 Å². The lowest BCUT2D eigenvalue weighted by molar-refractivity contribution is -0.384. The number of nitrogens with one attached hydrogen (secondary N) is 2. The van der Waals surface area contributed by atoms with Gasteiger partial charge in [-0.15, -0.1) is 0 Å². The average Bonchev–Trinajstić information content (AvgIpc) is 2.77. The number of carbonyl (C=O) groups is 1. The third-order valence-corrected chi connectivity index (χ3v) is 2.79. The molecule has 0 fully saturated rings. The zero-order valence-corrected chi connectivity index (χ0v) is 11.5. The monoisotopic (exact) mass is 290 g/mol. The summed E-state index contributed by atoms with van der Waals surface area (Å²) in [6.07, 6.45) is 0. The molecule has 0 saturated carbocycles. The first kappa shape index (κ1) is 14.5. The number of aromatic nitrogens is 2. The van der Waals surface area contributed by atoms with Gasteiger partial charge in [-0.1, -0.05) is 6.07 Å². The third kappa shape index (κ3) is 3.56. The molecule has 0 spiro atoms. The van der Waals surface area contributed by atoms with E-state index in [1.54, 1.807) is 19.9 Å². The molecule has 1 amide bonds. The van der Waals surface area contributed by atoms with E-state index in [2.05, 4.69) is 15.5 Å². The number of amides is 1. The standard InChI is InChI=1S/C13H14N4O4/c1-8-13(9(2)16-15-8)14-12(18)7-21-11-5-3-4-10(6-11)17(19)20/h3-6H,7H2,1-2H3,(H,14,18)(H,15,16). The van der Waals surface area contributed by atoms with Crippen molar-refractivity contribution in [2.24, 2.45) is 0 Å². The van der Waals surface area contributed by atoms with Crippen molar-refractivity contribution in [2.75, 3.05) is 11.9 Å². The Morgan fingerprint density at radius 2 is 2.24 bits per heavy atom. The van der Waals surface area contributed by atoms with Crippen molar-refractivity contribution in [1.29, 1.82) is 0 Å². The predicted octanol–water partition coefficient (Wildman–Crippen LogP) is 1.95. The maximum Gasteiger partial charge on any atom is 0.273 e. The van der Waals surface area contributed by atoms with Crippen molar-refractivity contribution in [3.63, 3.8) is 0 Å². The van der Waals surface area contributed by atoms with E-state index in [1.807, 2.05) is 0 Å². The molecule has 0 aliphatic heterocycles. The first-order valence-corrected chi connectivity index (χ1v) is 6.16. The van der Waals surface area contributed by atoms with Crippen molar-refractivity contribution in [3.8, 4) is 5.75 Å². The van der Waals surface area contributed by atoms with Gasteiger partial charge in [0.15, 0.2) is 6.61 Å². The van der Waals surface area contributed by atoms with Crippen LogP contribution >= 0.6 is 0 Å². The van der Waals surface area contributed by atoms with Crippen molar-refractivity contribution in [2.45, 2.75) is 13.8 Å². The number of aryl methyl sites for hydroxylation is 2. The van der Waals surface area contributed by atoms with Crippen LogP contribution < -0.4 is 10.1 Å². The van der Waals surface area contributed by atoms with Crippen LogP contribution in [0.3, 0.4) is 0 Å². The molecule has 1 aromatic carbocycles. The van der Waals surface area contributed by atoms with Crippen molar-refractivity contribution >= 4 is 17.3 Å². The van der Waals surface area contributed by atoms with Crippen LogP contribution in [0.25, 0.3) is 0 Å². The second-order valence-corrected chi connectivity index (χ2v) is 4.40. The van der Waals surface area contributed by atoms with E-state index in [-0.39, 0.29) is 24.0 Å². The van der Waals surface area contributed by atoms with Gasteiger partial charge in [0.2, 0.25) is 0 Å². The SMILES string of the molecule is Cc1n[nH]c(C)c1NC(=O)COc1cccc([N+](=O)[O-])c1. The number of carbonyl (C=O) groups excluding carboxylic acids is 1. The number of anilines is 1. The molecule has 2 N–H and O–H groups in total. The topological polar surface area (TPSA) is 110 Å². The summed E-state index contributed by atoms with van der Waals surface area (Å²) in [5, 5.41) is 20.0. The largest absolute Gasteiger partial charge is 0.484 e. The zero-order chi connectivity index (χ0) is 15.4. The zero-order valence-electron chi connectivity index (χ0n) is 11.5. The Hall–Kier alpha value is -2.90. The third-order valence-electron chi connectivity index (χ3n) is 2.79. The summed E-state index contributed by atoms with van der Waals surface area (Å²) in [5.41, 5.74) is 1.95. The minimum absolute atomic E-state index is 0.0885. The summed E-state index contributed by atoms with van der Waals surface area (Å²) >= 11 is 0. The molecule has 0 aliphatic carbocycles. The van der Waals surface area contributed by atoms with Gasteiger partial charge in [0.05, 0.1) is 28.1 Å². The molecule has 2 aromatic rings. The highest BCUT2D eigenvalue weighted by molar-refractivity contribution is 5.92. The van der Waals surface area contributed by atoms with Gasteiger partial charge in [-0.25, -0.2) is 0 Å². The van der Waals surface area contributed by atoms with Crippen LogP contribution in [0.4, 0.5) is 11.4 Å². The number of rotatable bonds is 5. The first-order valence-electron chi connectivity index (χ1n) is 6.16. The normalized spacial score (nSPS) is 10.2. The molecule has 0 radical (unpaired) electrons. The second-order valence-electron chi connectivity index (χ2n) is 4.40. The number of nitro groups is 1. The molecule has 8 nitrogen and oxygen atoms in total. The Morgan fingerprint density at radius 1 is 1.48 bits per heavy atom. The summed E-state index contributed by atoms with van der Waals surface area (Å²) in [5.74, 6) is -0.103. The quantitative estimate of drug-likeness (QED) is 0.646. The number of aromatic amines is 1. The minimum atomic E-state index is -0.523. The van der Waals surface area contributed by atoms with Crippen molar-refractivity contribution in [1.82, 2.24) is 10.2 Å². The smallest absolute Gasteiger partial charge is 0.273 e. The van der Waals surface area contributed by atoms with Gasteiger partial charge in [0, 0.05) is 6.07 Å². The number of H-pyrrole nitrogens is 1. The fourth-order valence-corrected chi connectivity index (χ4v) is 1.75. The molecular formula is C13H14N4O4. The molecular weight excluding hydrogens is 276 g/mol. The molecule has 21 heavy (non-hydrogen) atoms. The van der Waals surface area contributed by atoms with Gasteiger partial charge < -0.3 is 10.1 Å². The molecule has 0 atom stereocenters. The van der Waals surface area contributed by atoms with E-state index < -0.39 is 4.92 Å². The van der Waals surface area contributed by atoms with Crippen LogP contribution in [0.1, 0.15) is 11.4 Å². The highest BCUT2D eigenvalue weighted by Gasteiger charge is 2.12. The van der Waals surface area contributed by atoms with Gasteiger partial charge in [-0.2, -0.15) is 5.10 Å². The van der Waals surface area contributed by atoms with E-state index in [9.17, 15) is 14.9 Å².